The van der Waals surface area contributed by atoms with Crippen molar-refractivity contribution in [2.24, 2.45) is 0 Å². The quantitative estimate of drug-likeness (QED) is 0.873. The van der Waals surface area contributed by atoms with Gasteiger partial charge in [0.15, 0.2) is 6.54 Å². The molecule has 19 heavy (non-hydrogen) atoms. The van der Waals surface area contributed by atoms with E-state index in [1.165, 1.54) is 0 Å². The van der Waals surface area contributed by atoms with Crippen LogP contribution in [-0.4, -0.2) is 24.5 Å². The van der Waals surface area contributed by atoms with Gasteiger partial charge in [-0.15, -0.1) is 11.3 Å². The van der Waals surface area contributed by atoms with Crippen LogP contribution in [0.15, 0.2) is 29.6 Å². The molecule has 0 spiro atoms. The van der Waals surface area contributed by atoms with E-state index in [0.717, 1.165) is 16.3 Å². The van der Waals surface area contributed by atoms with Crippen molar-refractivity contribution >= 4 is 28.8 Å². The number of aromatic nitrogens is 1. The maximum Gasteiger partial charge on any atom is 0.274 e. The minimum Gasteiger partial charge on any atom is -0.354 e. The highest BCUT2D eigenvalue weighted by Crippen LogP contribution is 2.29. The number of hydrogen-bond donors (Lipinski definition) is 2. The van der Waals surface area contributed by atoms with Gasteiger partial charge in [-0.1, -0.05) is 29.8 Å². The number of nitrogens with zero attached hydrogens (tertiary/aromatic N) is 1. The van der Waals surface area contributed by atoms with Crippen LogP contribution < -0.4 is 10.6 Å². The number of halogens is 1. The molecule has 1 aromatic heterocycles. The second-order valence-corrected chi connectivity index (χ2v) is 5.26. The maximum atomic E-state index is 11.1. The summed E-state index contributed by atoms with van der Waals surface area (Å²) in [4.78, 5) is 15.6. The van der Waals surface area contributed by atoms with Crippen LogP contribution in [0.4, 0.5) is 0 Å². The van der Waals surface area contributed by atoms with Gasteiger partial charge in [-0.2, -0.15) is 0 Å². The van der Waals surface area contributed by atoms with Gasteiger partial charge in [-0.25, -0.2) is 4.98 Å². The summed E-state index contributed by atoms with van der Waals surface area (Å²) < 4.78 is 0. The molecule has 2 rings (SSSR count). The number of benzene rings is 1. The van der Waals surface area contributed by atoms with E-state index in [4.69, 9.17) is 11.6 Å². The molecule has 0 aliphatic rings. The standard InChI is InChI=1S/C13H14ClN3OS/c1-15-12(18)7-16-6-9-8-19-13(17-9)10-4-2-3-5-11(10)14/h2-5,8,16H,6-7H2,1H3,(H,15,18)/p+1. The van der Waals surface area contributed by atoms with E-state index in [9.17, 15) is 4.79 Å². The number of nitrogens with two attached hydrogens (primary N) is 1. The van der Waals surface area contributed by atoms with Crippen molar-refractivity contribution in [1.29, 1.82) is 0 Å². The zero-order chi connectivity index (χ0) is 13.7. The Balaban J connectivity index is 2.00. The topological polar surface area (TPSA) is 58.6 Å². The average Bonchev–Trinajstić information content (AvgIpc) is 2.87. The zero-order valence-corrected chi connectivity index (χ0v) is 12.1. The Morgan fingerprint density at radius 3 is 3.00 bits per heavy atom. The molecule has 0 atom stereocenters. The molecular weight excluding hydrogens is 282 g/mol. The van der Waals surface area contributed by atoms with Gasteiger partial charge in [0.25, 0.3) is 5.91 Å². The van der Waals surface area contributed by atoms with Crippen molar-refractivity contribution in [1.82, 2.24) is 10.3 Å². The van der Waals surface area contributed by atoms with Crippen LogP contribution in [0.3, 0.4) is 0 Å². The Morgan fingerprint density at radius 1 is 1.47 bits per heavy atom. The van der Waals surface area contributed by atoms with Gasteiger partial charge >= 0.3 is 0 Å². The summed E-state index contributed by atoms with van der Waals surface area (Å²) in [6.45, 7) is 1.10. The van der Waals surface area contributed by atoms with E-state index in [1.54, 1.807) is 18.4 Å². The Hall–Kier alpha value is -1.43. The van der Waals surface area contributed by atoms with Crippen LogP contribution in [0.2, 0.25) is 5.02 Å². The molecule has 1 aromatic carbocycles. The lowest BCUT2D eigenvalue weighted by molar-refractivity contribution is -0.660. The molecule has 0 radical (unpaired) electrons. The van der Waals surface area contributed by atoms with Crippen LogP contribution in [0.25, 0.3) is 10.6 Å². The minimum absolute atomic E-state index is 0.0153. The number of likely N-dealkylation sites (N-methyl/N-ethyl adjacent to an activating group) is 1. The first-order valence-electron chi connectivity index (χ1n) is 5.92. The number of quaternary nitrogens is 1. The second kappa shape index (κ2) is 6.65. The van der Waals surface area contributed by atoms with Gasteiger partial charge in [0, 0.05) is 18.0 Å². The molecule has 6 heteroatoms. The first-order chi connectivity index (χ1) is 9.20. The zero-order valence-electron chi connectivity index (χ0n) is 10.5. The number of carbonyl (C=O) groups excluding carboxylic acids is 1. The van der Waals surface area contributed by atoms with Crippen LogP contribution in [0.5, 0.6) is 0 Å². The van der Waals surface area contributed by atoms with Crippen LogP contribution in [-0.2, 0) is 11.3 Å². The number of rotatable bonds is 5. The molecule has 4 nitrogen and oxygen atoms in total. The lowest BCUT2D eigenvalue weighted by atomic mass is 10.2. The van der Waals surface area contributed by atoms with Gasteiger partial charge in [-0.3, -0.25) is 4.79 Å². The fraction of sp³-hybridized carbons (Fsp3) is 0.231. The van der Waals surface area contributed by atoms with Crippen molar-refractivity contribution in [3.05, 3.63) is 40.4 Å². The molecule has 0 unspecified atom stereocenters. The van der Waals surface area contributed by atoms with Crippen LogP contribution in [0, 0.1) is 0 Å². The molecule has 0 fully saturated rings. The lowest BCUT2D eigenvalue weighted by Gasteiger charge is -1.99. The summed E-state index contributed by atoms with van der Waals surface area (Å²) in [5.41, 5.74) is 1.91. The van der Waals surface area contributed by atoms with E-state index < -0.39 is 0 Å². The SMILES string of the molecule is CNC(=O)C[NH2+]Cc1csc(-c2ccccc2Cl)n1. The molecule has 0 saturated carbocycles. The smallest absolute Gasteiger partial charge is 0.274 e. The van der Waals surface area contributed by atoms with Gasteiger partial charge in [0.2, 0.25) is 0 Å². The molecule has 0 saturated heterocycles. The molecule has 3 N–H and O–H groups in total. The predicted molar refractivity (Wildman–Crippen MR) is 77.1 cm³/mol. The van der Waals surface area contributed by atoms with E-state index >= 15 is 0 Å². The molecule has 1 amide bonds. The first-order valence-corrected chi connectivity index (χ1v) is 7.18. The Kier molecular flexibility index (Phi) is 4.90. The number of hydrogen-bond acceptors (Lipinski definition) is 3. The Labute approximate surface area is 120 Å². The molecular formula is C13H15ClN3OS+. The van der Waals surface area contributed by atoms with Crippen molar-refractivity contribution in [2.45, 2.75) is 6.54 Å². The molecule has 0 aliphatic carbocycles. The monoisotopic (exact) mass is 296 g/mol. The summed E-state index contributed by atoms with van der Waals surface area (Å²) in [7, 11) is 1.63. The van der Waals surface area contributed by atoms with Crippen LogP contribution in [0.1, 0.15) is 5.69 Å². The van der Waals surface area contributed by atoms with Gasteiger partial charge in [0.05, 0.1) is 5.02 Å². The highest BCUT2D eigenvalue weighted by molar-refractivity contribution is 7.13. The van der Waals surface area contributed by atoms with Crippen molar-refractivity contribution in [3.8, 4) is 10.6 Å². The number of thiazole rings is 1. The van der Waals surface area contributed by atoms with Crippen molar-refractivity contribution in [2.75, 3.05) is 13.6 Å². The second-order valence-electron chi connectivity index (χ2n) is 3.99. The third-order valence-corrected chi connectivity index (χ3v) is 3.87. The molecule has 2 aromatic rings. The van der Waals surface area contributed by atoms with Crippen molar-refractivity contribution < 1.29 is 10.1 Å². The summed E-state index contributed by atoms with van der Waals surface area (Å²) in [5, 5.41) is 8.12. The maximum absolute atomic E-state index is 11.1. The lowest BCUT2D eigenvalue weighted by Crippen LogP contribution is -2.85. The van der Waals surface area contributed by atoms with E-state index in [-0.39, 0.29) is 5.91 Å². The normalized spacial score (nSPS) is 10.4. The summed E-state index contributed by atoms with van der Waals surface area (Å²) in [6, 6.07) is 7.66. The van der Waals surface area contributed by atoms with Crippen LogP contribution >= 0.6 is 22.9 Å². The molecule has 0 bridgehead atoms. The Morgan fingerprint density at radius 2 is 2.26 bits per heavy atom. The highest BCUT2D eigenvalue weighted by atomic mass is 35.5. The average molecular weight is 297 g/mol. The number of amides is 1. The third-order valence-electron chi connectivity index (χ3n) is 2.62. The third kappa shape index (κ3) is 3.76. The summed E-state index contributed by atoms with van der Waals surface area (Å²) in [5.74, 6) is 0.0153. The fourth-order valence-corrected chi connectivity index (χ4v) is 2.77. The summed E-state index contributed by atoms with van der Waals surface area (Å²) in [6.07, 6.45) is 0. The number of nitrogens with one attached hydrogen (secondary N) is 1. The first kappa shape index (κ1) is 14.0. The number of carbonyl (C=O) groups is 1. The summed E-state index contributed by atoms with van der Waals surface area (Å²) >= 11 is 7.70. The molecule has 100 valence electrons. The highest BCUT2D eigenvalue weighted by Gasteiger charge is 2.09. The fourth-order valence-electron chi connectivity index (χ4n) is 1.61. The molecule has 1 heterocycles. The van der Waals surface area contributed by atoms with E-state index in [1.807, 2.05) is 35.0 Å². The molecule has 0 aliphatic heterocycles. The minimum atomic E-state index is 0.0153. The van der Waals surface area contributed by atoms with Gasteiger partial charge < -0.3 is 10.6 Å². The van der Waals surface area contributed by atoms with E-state index in [0.29, 0.717) is 18.1 Å². The van der Waals surface area contributed by atoms with Gasteiger partial charge in [-0.05, 0) is 6.07 Å². The predicted octanol–water partition coefficient (Wildman–Crippen LogP) is 1.27. The van der Waals surface area contributed by atoms with Crippen molar-refractivity contribution in [3.63, 3.8) is 0 Å². The van der Waals surface area contributed by atoms with Gasteiger partial charge in [0.1, 0.15) is 17.2 Å². The Bertz CT molecular complexity index is 571. The largest absolute Gasteiger partial charge is 0.354 e. The van der Waals surface area contributed by atoms with E-state index in [2.05, 4.69) is 10.3 Å².